The Labute approximate surface area is 181 Å². The molecule has 1 aliphatic carbocycles. The maximum atomic E-state index is 13.9. The monoisotopic (exact) mass is 425 g/mol. The van der Waals surface area contributed by atoms with Crippen LogP contribution in [0.15, 0.2) is 23.9 Å². The van der Waals surface area contributed by atoms with Crippen LogP contribution in [0.1, 0.15) is 46.0 Å². The van der Waals surface area contributed by atoms with Gasteiger partial charge in [0, 0.05) is 34.8 Å². The molecule has 2 aliphatic rings. The number of carbonyl (C=O) groups is 1. The molecule has 1 amide bonds. The van der Waals surface area contributed by atoms with E-state index in [9.17, 15) is 9.18 Å². The van der Waals surface area contributed by atoms with Gasteiger partial charge in [0.2, 0.25) is 0 Å². The summed E-state index contributed by atoms with van der Waals surface area (Å²) in [5.41, 5.74) is 10.7. The van der Waals surface area contributed by atoms with Crippen LogP contribution in [0.2, 0.25) is 0 Å². The van der Waals surface area contributed by atoms with Gasteiger partial charge in [0.1, 0.15) is 17.7 Å². The summed E-state index contributed by atoms with van der Waals surface area (Å²) in [7, 11) is 1.90. The molecule has 1 fully saturated rings. The first-order valence-corrected chi connectivity index (χ1v) is 10.5. The highest BCUT2D eigenvalue weighted by Crippen LogP contribution is 2.31. The molecular formula is C23H28FN5O2. The van der Waals surface area contributed by atoms with Crippen molar-refractivity contribution in [2.75, 3.05) is 20.1 Å². The number of amides is 1. The first kappa shape index (κ1) is 21.2. The Kier molecular flexibility index (Phi) is 5.66. The molecule has 1 aromatic heterocycles. The summed E-state index contributed by atoms with van der Waals surface area (Å²) < 4.78 is 19.9. The van der Waals surface area contributed by atoms with Gasteiger partial charge in [-0.3, -0.25) is 4.79 Å². The van der Waals surface area contributed by atoms with E-state index in [1.807, 2.05) is 27.8 Å². The lowest BCUT2D eigenvalue weighted by atomic mass is 9.89. The lowest BCUT2D eigenvalue weighted by molar-refractivity contribution is 0.0746. The summed E-state index contributed by atoms with van der Waals surface area (Å²) in [5.74, 6) is 0.138. The molecule has 0 saturated heterocycles. The number of nitrogens with zero attached hydrogens (tertiary/aromatic N) is 3. The lowest BCUT2D eigenvalue weighted by Gasteiger charge is -2.35. The van der Waals surface area contributed by atoms with Crippen molar-refractivity contribution in [3.63, 3.8) is 0 Å². The fourth-order valence-electron chi connectivity index (χ4n) is 3.93. The Balaban J connectivity index is 1.54. The van der Waals surface area contributed by atoms with E-state index in [0.717, 1.165) is 35.4 Å². The quantitative estimate of drug-likeness (QED) is 0.765. The van der Waals surface area contributed by atoms with Gasteiger partial charge in [0.25, 0.3) is 5.91 Å². The molecular weight excluding hydrogens is 397 g/mol. The molecule has 8 heteroatoms. The fourth-order valence-corrected chi connectivity index (χ4v) is 3.93. The van der Waals surface area contributed by atoms with Crippen LogP contribution < -0.4 is 15.8 Å². The van der Waals surface area contributed by atoms with Gasteiger partial charge in [-0.1, -0.05) is 0 Å². The van der Waals surface area contributed by atoms with Crippen LogP contribution in [-0.2, 0) is 0 Å². The van der Waals surface area contributed by atoms with Crippen LogP contribution in [-0.4, -0.2) is 53.1 Å². The van der Waals surface area contributed by atoms with Crippen molar-refractivity contribution in [3.8, 4) is 5.75 Å². The summed E-state index contributed by atoms with van der Waals surface area (Å²) in [6, 6.07) is 4.43. The highest BCUT2D eigenvalue weighted by Gasteiger charge is 2.33. The van der Waals surface area contributed by atoms with Gasteiger partial charge in [-0.25, -0.2) is 14.4 Å². The number of aromatic nitrogens is 2. The van der Waals surface area contributed by atoms with E-state index < -0.39 is 5.82 Å². The zero-order chi connectivity index (χ0) is 22.3. The van der Waals surface area contributed by atoms with Crippen LogP contribution >= 0.6 is 0 Å². The standard InChI is InChI=1S/C23H28FN5O2/c1-12-13(2)27-22(28-14(12)3)19-10-29(11-20(19)25)23(30)18-6-5-15(24)7-21(18)31-17-8-16(9-17)26-4/h5-7,16-17,26H,8-11,25H2,1-4H3. The number of benzene rings is 1. The summed E-state index contributed by atoms with van der Waals surface area (Å²) in [6.07, 6.45) is 1.62. The Morgan fingerprint density at radius 1 is 1.19 bits per heavy atom. The van der Waals surface area contributed by atoms with Crippen LogP contribution in [0.25, 0.3) is 5.57 Å². The molecule has 0 unspecified atom stereocenters. The molecule has 164 valence electrons. The van der Waals surface area contributed by atoms with Gasteiger partial charge in [-0.05, 0) is 58.4 Å². The second kappa shape index (κ2) is 8.26. The van der Waals surface area contributed by atoms with E-state index in [4.69, 9.17) is 10.5 Å². The first-order valence-electron chi connectivity index (χ1n) is 10.5. The number of nitrogens with two attached hydrogens (primary N) is 1. The lowest BCUT2D eigenvalue weighted by Crippen LogP contribution is -2.45. The van der Waals surface area contributed by atoms with E-state index >= 15 is 0 Å². The molecule has 2 aromatic rings. The summed E-state index contributed by atoms with van der Waals surface area (Å²) in [6.45, 7) is 6.42. The number of hydrogen-bond acceptors (Lipinski definition) is 6. The minimum absolute atomic E-state index is 0.0324. The van der Waals surface area contributed by atoms with E-state index in [2.05, 4.69) is 15.3 Å². The number of ether oxygens (including phenoxy) is 1. The molecule has 1 saturated carbocycles. The van der Waals surface area contributed by atoms with E-state index in [0.29, 0.717) is 29.7 Å². The molecule has 4 rings (SSSR count). The average Bonchev–Trinajstić information content (AvgIpc) is 3.09. The van der Waals surface area contributed by atoms with Crippen molar-refractivity contribution in [2.45, 2.75) is 45.8 Å². The molecule has 0 bridgehead atoms. The van der Waals surface area contributed by atoms with Crippen molar-refractivity contribution in [2.24, 2.45) is 5.73 Å². The van der Waals surface area contributed by atoms with E-state index in [1.165, 1.54) is 18.2 Å². The molecule has 7 nitrogen and oxygen atoms in total. The molecule has 0 spiro atoms. The first-order chi connectivity index (χ1) is 14.8. The third-order valence-electron chi connectivity index (χ3n) is 6.26. The van der Waals surface area contributed by atoms with Crippen LogP contribution in [0.4, 0.5) is 4.39 Å². The van der Waals surface area contributed by atoms with Crippen LogP contribution in [0.3, 0.4) is 0 Å². The molecule has 1 aliphatic heterocycles. The van der Waals surface area contributed by atoms with Gasteiger partial charge in [-0.15, -0.1) is 0 Å². The number of carbonyl (C=O) groups excluding carboxylic acids is 1. The molecule has 0 radical (unpaired) electrons. The SMILES string of the molecule is CNC1CC(Oc2cc(F)ccc2C(=O)N2CC(N)=C(c3nc(C)c(C)c(C)n3)C2)C1. The zero-order valence-corrected chi connectivity index (χ0v) is 18.3. The van der Waals surface area contributed by atoms with Gasteiger partial charge < -0.3 is 20.7 Å². The maximum absolute atomic E-state index is 13.9. The summed E-state index contributed by atoms with van der Waals surface area (Å²) >= 11 is 0. The van der Waals surface area contributed by atoms with Crippen molar-refractivity contribution in [3.05, 3.63) is 58.1 Å². The van der Waals surface area contributed by atoms with Crippen molar-refractivity contribution < 1.29 is 13.9 Å². The third-order valence-corrected chi connectivity index (χ3v) is 6.26. The number of aryl methyl sites for hydroxylation is 2. The van der Waals surface area contributed by atoms with Crippen molar-refractivity contribution >= 4 is 11.5 Å². The van der Waals surface area contributed by atoms with Crippen LogP contribution in [0, 0.1) is 26.6 Å². The minimum Gasteiger partial charge on any atom is -0.489 e. The Hall–Kier alpha value is -3.00. The second-order valence-electron chi connectivity index (χ2n) is 8.35. The van der Waals surface area contributed by atoms with E-state index in [-0.39, 0.29) is 24.3 Å². The third kappa shape index (κ3) is 4.12. The fraction of sp³-hybridized carbons (Fsp3) is 0.435. The second-order valence-corrected chi connectivity index (χ2v) is 8.35. The smallest absolute Gasteiger partial charge is 0.258 e. The largest absolute Gasteiger partial charge is 0.489 e. The summed E-state index contributed by atoms with van der Waals surface area (Å²) in [4.78, 5) is 24.0. The molecule has 3 N–H and O–H groups in total. The highest BCUT2D eigenvalue weighted by atomic mass is 19.1. The molecule has 1 aromatic carbocycles. The highest BCUT2D eigenvalue weighted by molar-refractivity contribution is 5.98. The molecule has 0 atom stereocenters. The topological polar surface area (TPSA) is 93.4 Å². The summed E-state index contributed by atoms with van der Waals surface area (Å²) in [5, 5.41) is 3.19. The molecule has 2 heterocycles. The van der Waals surface area contributed by atoms with E-state index in [1.54, 1.807) is 4.90 Å². The van der Waals surface area contributed by atoms with Gasteiger partial charge >= 0.3 is 0 Å². The van der Waals surface area contributed by atoms with Gasteiger partial charge in [0.05, 0.1) is 18.7 Å². The number of rotatable bonds is 5. The maximum Gasteiger partial charge on any atom is 0.258 e. The van der Waals surface area contributed by atoms with Gasteiger partial charge in [0.15, 0.2) is 5.82 Å². The number of halogens is 1. The zero-order valence-electron chi connectivity index (χ0n) is 18.3. The van der Waals surface area contributed by atoms with Gasteiger partial charge in [-0.2, -0.15) is 0 Å². The predicted octanol–water partition coefficient (Wildman–Crippen LogP) is 2.50. The Morgan fingerprint density at radius 3 is 2.52 bits per heavy atom. The normalized spacial score (nSPS) is 20.7. The minimum atomic E-state index is -0.435. The number of nitrogens with one attached hydrogen (secondary N) is 1. The predicted molar refractivity (Wildman–Crippen MR) is 116 cm³/mol. The van der Waals surface area contributed by atoms with Crippen LogP contribution in [0.5, 0.6) is 5.75 Å². The average molecular weight is 426 g/mol. The Morgan fingerprint density at radius 2 is 1.87 bits per heavy atom. The Bertz CT molecular complexity index is 1040. The number of hydrogen-bond donors (Lipinski definition) is 2. The van der Waals surface area contributed by atoms with Crippen molar-refractivity contribution in [1.82, 2.24) is 20.2 Å². The van der Waals surface area contributed by atoms with Crippen molar-refractivity contribution in [1.29, 1.82) is 0 Å². The molecule has 31 heavy (non-hydrogen) atoms.